The molecule has 5 nitrogen and oxygen atoms in total. The number of hydrogen-bond donors (Lipinski definition) is 3. The molecule has 0 bridgehead atoms. The first-order chi connectivity index (χ1) is 8.58. The van der Waals surface area contributed by atoms with Gasteiger partial charge in [-0.1, -0.05) is 24.3 Å². The molecule has 0 aliphatic heterocycles. The highest BCUT2D eigenvalue weighted by atomic mass is 32.1. The minimum Gasteiger partial charge on any atom is -0.396 e. The molecule has 0 aliphatic carbocycles. The Labute approximate surface area is 111 Å². The van der Waals surface area contributed by atoms with E-state index in [2.05, 4.69) is 22.2 Å². The summed E-state index contributed by atoms with van der Waals surface area (Å²) >= 11 is 1.30. The lowest BCUT2D eigenvalue weighted by Crippen LogP contribution is -2.38. The van der Waals surface area contributed by atoms with Crippen LogP contribution in [-0.2, 0) is 0 Å². The van der Waals surface area contributed by atoms with Gasteiger partial charge in [0.2, 0.25) is 0 Å². The average Bonchev–Trinajstić information content (AvgIpc) is 2.83. The minimum atomic E-state index is -0.160. The standard InChI is InChI=1S/C12H19N3O2S/c1-4-5-13-12-14-6-10(18-12)11(17)15-9(3)8(2)7-16/h4,6,8-9,16H,1,5,7H2,2-3H3,(H,13,14)(H,15,17). The Kier molecular flexibility index (Phi) is 5.80. The highest BCUT2D eigenvalue weighted by Crippen LogP contribution is 2.18. The number of amides is 1. The van der Waals surface area contributed by atoms with Crippen molar-refractivity contribution in [1.29, 1.82) is 0 Å². The highest BCUT2D eigenvalue weighted by molar-refractivity contribution is 7.17. The molecule has 1 rings (SSSR count). The lowest BCUT2D eigenvalue weighted by molar-refractivity contribution is 0.0920. The molecular weight excluding hydrogens is 250 g/mol. The molecule has 6 heteroatoms. The summed E-state index contributed by atoms with van der Waals surface area (Å²) in [5.74, 6) is -0.132. The average molecular weight is 269 g/mol. The van der Waals surface area contributed by atoms with Gasteiger partial charge in [-0.3, -0.25) is 4.79 Å². The predicted octanol–water partition coefficient (Wildman–Crippen LogP) is 1.49. The van der Waals surface area contributed by atoms with Crippen molar-refractivity contribution in [2.75, 3.05) is 18.5 Å². The molecule has 1 heterocycles. The van der Waals surface area contributed by atoms with E-state index < -0.39 is 0 Å². The van der Waals surface area contributed by atoms with Crippen LogP contribution >= 0.6 is 11.3 Å². The van der Waals surface area contributed by atoms with Gasteiger partial charge in [0.25, 0.3) is 5.91 Å². The van der Waals surface area contributed by atoms with Gasteiger partial charge in [-0.2, -0.15) is 0 Å². The zero-order chi connectivity index (χ0) is 13.5. The van der Waals surface area contributed by atoms with Gasteiger partial charge in [0.05, 0.1) is 6.20 Å². The van der Waals surface area contributed by atoms with E-state index in [1.54, 1.807) is 12.3 Å². The third-order valence-electron chi connectivity index (χ3n) is 2.63. The SMILES string of the molecule is C=CCNc1ncc(C(=O)NC(C)C(C)CO)s1. The molecule has 2 atom stereocenters. The second-order valence-corrected chi connectivity index (χ2v) is 5.15. The molecule has 1 amide bonds. The zero-order valence-corrected chi connectivity index (χ0v) is 11.5. The van der Waals surface area contributed by atoms with Crippen molar-refractivity contribution in [2.24, 2.45) is 5.92 Å². The van der Waals surface area contributed by atoms with Gasteiger partial charge in [0.15, 0.2) is 5.13 Å². The first-order valence-electron chi connectivity index (χ1n) is 5.80. The number of carbonyl (C=O) groups is 1. The van der Waals surface area contributed by atoms with Crippen molar-refractivity contribution in [3.63, 3.8) is 0 Å². The van der Waals surface area contributed by atoms with Crippen LogP contribution < -0.4 is 10.6 Å². The molecule has 0 saturated carbocycles. The van der Waals surface area contributed by atoms with Crippen LogP contribution in [0, 0.1) is 5.92 Å². The normalized spacial score (nSPS) is 13.7. The molecular formula is C12H19N3O2S. The van der Waals surface area contributed by atoms with Crippen LogP contribution in [0.3, 0.4) is 0 Å². The second-order valence-electron chi connectivity index (χ2n) is 4.12. The van der Waals surface area contributed by atoms with E-state index in [1.807, 2.05) is 13.8 Å². The third kappa shape index (κ3) is 4.12. The first kappa shape index (κ1) is 14.7. The van der Waals surface area contributed by atoms with Crippen LogP contribution in [0.25, 0.3) is 0 Å². The molecule has 100 valence electrons. The van der Waals surface area contributed by atoms with E-state index in [0.29, 0.717) is 16.6 Å². The Hall–Kier alpha value is -1.40. The fourth-order valence-corrected chi connectivity index (χ4v) is 1.92. The van der Waals surface area contributed by atoms with Gasteiger partial charge < -0.3 is 15.7 Å². The summed E-state index contributed by atoms with van der Waals surface area (Å²) in [5.41, 5.74) is 0. The van der Waals surface area contributed by atoms with Gasteiger partial charge in [-0.05, 0) is 12.8 Å². The summed E-state index contributed by atoms with van der Waals surface area (Å²) in [7, 11) is 0. The second kappa shape index (κ2) is 7.13. The molecule has 1 aromatic heterocycles. The smallest absolute Gasteiger partial charge is 0.263 e. The lowest BCUT2D eigenvalue weighted by Gasteiger charge is -2.18. The molecule has 0 aromatic carbocycles. The Morgan fingerprint density at radius 2 is 2.39 bits per heavy atom. The quantitative estimate of drug-likeness (QED) is 0.656. The van der Waals surface area contributed by atoms with Gasteiger partial charge >= 0.3 is 0 Å². The Morgan fingerprint density at radius 1 is 1.67 bits per heavy atom. The topological polar surface area (TPSA) is 74.2 Å². The fourth-order valence-electron chi connectivity index (χ4n) is 1.20. The number of nitrogens with zero attached hydrogens (tertiary/aromatic N) is 1. The van der Waals surface area contributed by atoms with E-state index in [9.17, 15) is 4.79 Å². The number of carbonyl (C=O) groups excluding carboxylic acids is 1. The van der Waals surface area contributed by atoms with Crippen molar-refractivity contribution in [1.82, 2.24) is 10.3 Å². The summed E-state index contributed by atoms with van der Waals surface area (Å²) in [5, 5.41) is 15.6. The number of aromatic nitrogens is 1. The van der Waals surface area contributed by atoms with Crippen LogP contribution in [0.1, 0.15) is 23.5 Å². The summed E-state index contributed by atoms with van der Waals surface area (Å²) < 4.78 is 0. The van der Waals surface area contributed by atoms with Crippen LogP contribution in [0.5, 0.6) is 0 Å². The number of aliphatic hydroxyl groups excluding tert-OH is 1. The number of nitrogens with one attached hydrogen (secondary N) is 2. The maximum Gasteiger partial charge on any atom is 0.263 e. The molecule has 1 aromatic rings. The first-order valence-corrected chi connectivity index (χ1v) is 6.62. The fraction of sp³-hybridized carbons (Fsp3) is 0.500. The Balaban J connectivity index is 2.56. The van der Waals surface area contributed by atoms with Gasteiger partial charge in [0.1, 0.15) is 4.88 Å². The molecule has 0 saturated heterocycles. The van der Waals surface area contributed by atoms with E-state index in [-0.39, 0.29) is 24.5 Å². The maximum atomic E-state index is 11.9. The number of aliphatic hydroxyl groups is 1. The lowest BCUT2D eigenvalue weighted by atomic mass is 10.1. The van der Waals surface area contributed by atoms with Crippen molar-refractivity contribution < 1.29 is 9.90 Å². The third-order valence-corrected chi connectivity index (χ3v) is 3.58. The van der Waals surface area contributed by atoms with Gasteiger partial charge in [0, 0.05) is 19.2 Å². The summed E-state index contributed by atoms with van der Waals surface area (Å²) in [4.78, 5) is 16.5. The Bertz CT molecular complexity index is 406. The monoisotopic (exact) mass is 269 g/mol. The van der Waals surface area contributed by atoms with E-state index >= 15 is 0 Å². The van der Waals surface area contributed by atoms with Gasteiger partial charge in [-0.25, -0.2) is 4.98 Å². The highest BCUT2D eigenvalue weighted by Gasteiger charge is 2.16. The van der Waals surface area contributed by atoms with Crippen LogP contribution in [0.4, 0.5) is 5.13 Å². The number of anilines is 1. The van der Waals surface area contributed by atoms with Crippen molar-refractivity contribution in [2.45, 2.75) is 19.9 Å². The zero-order valence-electron chi connectivity index (χ0n) is 10.6. The summed E-state index contributed by atoms with van der Waals surface area (Å²) in [6.45, 7) is 8.02. The van der Waals surface area contributed by atoms with E-state index in [0.717, 1.165) is 0 Å². The number of rotatable bonds is 7. The van der Waals surface area contributed by atoms with Gasteiger partial charge in [-0.15, -0.1) is 6.58 Å². The van der Waals surface area contributed by atoms with E-state index in [1.165, 1.54) is 11.3 Å². The van der Waals surface area contributed by atoms with E-state index in [4.69, 9.17) is 5.11 Å². The molecule has 18 heavy (non-hydrogen) atoms. The molecule has 0 aliphatic rings. The number of hydrogen-bond acceptors (Lipinski definition) is 5. The van der Waals surface area contributed by atoms with Crippen LogP contribution in [0.2, 0.25) is 0 Å². The Morgan fingerprint density at radius 3 is 3.00 bits per heavy atom. The maximum absolute atomic E-state index is 11.9. The van der Waals surface area contributed by atoms with Crippen molar-refractivity contribution in [3.8, 4) is 0 Å². The number of thiazole rings is 1. The molecule has 2 unspecified atom stereocenters. The molecule has 0 spiro atoms. The van der Waals surface area contributed by atoms with Crippen molar-refractivity contribution in [3.05, 3.63) is 23.7 Å². The summed E-state index contributed by atoms with van der Waals surface area (Å²) in [6.07, 6.45) is 3.27. The molecule has 0 radical (unpaired) electrons. The van der Waals surface area contributed by atoms with Crippen LogP contribution in [-0.4, -0.2) is 35.2 Å². The molecule has 3 N–H and O–H groups in total. The molecule has 0 fully saturated rings. The van der Waals surface area contributed by atoms with Crippen molar-refractivity contribution >= 4 is 22.4 Å². The summed E-state index contributed by atoms with van der Waals surface area (Å²) in [6, 6.07) is -0.0748. The van der Waals surface area contributed by atoms with Crippen LogP contribution in [0.15, 0.2) is 18.9 Å². The minimum absolute atomic E-state index is 0.0280. The largest absolute Gasteiger partial charge is 0.396 e. The predicted molar refractivity (Wildman–Crippen MR) is 74.0 cm³/mol.